The van der Waals surface area contributed by atoms with E-state index in [1.54, 1.807) is 11.8 Å². The van der Waals surface area contributed by atoms with Crippen LogP contribution >= 0.6 is 11.8 Å². The smallest absolute Gasteiger partial charge is 0.0818 e. The number of thioether (sulfide) groups is 1. The van der Waals surface area contributed by atoms with Gasteiger partial charge in [0.05, 0.1) is 10.7 Å². The van der Waals surface area contributed by atoms with Gasteiger partial charge in [0.1, 0.15) is 0 Å². The van der Waals surface area contributed by atoms with Crippen molar-refractivity contribution in [3.05, 3.63) is 53.9 Å². The minimum Gasteiger partial charge on any atom is -0.246 e. The summed E-state index contributed by atoms with van der Waals surface area (Å²) in [5.41, 5.74) is 1.05. The Balaban J connectivity index is 2.02. The summed E-state index contributed by atoms with van der Waals surface area (Å²) < 4.78 is 0. The molecule has 2 aromatic rings. The van der Waals surface area contributed by atoms with E-state index in [1.807, 2.05) is 0 Å². The van der Waals surface area contributed by atoms with E-state index in [9.17, 15) is 0 Å². The van der Waals surface area contributed by atoms with E-state index in [1.165, 1.54) is 15.8 Å². The molecule has 0 atom stereocenters. The second-order valence-corrected chi connectivity index (χ2v) is 4.71. The van der Waals surface area contributed by atoms with Crippen LogP contribution in [0.4, 0.5) is 5.69 Å². The van der Waals surface area contributed by atoms with Crippen molar-refractivity contribution in [1.29, 1.82) is 0 Å². The highest BCUT2D eigenvalue weighted by molar-refractivity contribution is 8.16. The molecule has 2 aromatic carbocycles. The van der Waals surface area contributed by atoms with Gasteiger partial charge in [0.15, 0.2) is 0 Å². The van der Waals surface area contributed by atoms with Crippen LogP contribution in [0.3, 0.4) is 0 Å². The highest BCUT2D eigenvalue weighted by atomic mass is 32.2. The number of benzene rings is 2. The van der Waals surface area contributed by atoms with Gasteiger partial charge in [0.25, 0.3) is 0 Å². The third-order valence-electron chi connectivity index (χ3n) is 2.58. The van der Waals surface area contributed by atoms with Gasteiger partial charge in [-0.05, 0) is 28.3 Å². The second kappa shape index (κ2) is 4.14. The molecule has 1 aliphatic rings. The van der Waals surface area contributed by atoms with Gasteiger partial charge in [-0.3, -0.25) is 0 Å². The van der Waals surface area contributed by atoms with Gasteiger partial charge in [0.2, 0.25) is 0 Å². The maximum absolute atomic E-state index is 4.63. The van der Waals surface area contributed by atoms with Gasteiger partial charge in [0, 0.05) is 6.42 Å². The Hall–Kier alpha value is -1.54. The first-order valence-corrected chi connectivity index (χ1v) is 6.18. The van der Waals surface area contributed by atoms with E-state index in [2.05, 4.69) is 58.9 Å². The average molecular weight is 225 g/mol. The molecule has 0 bridgehead atoms. The Labute approximate surface area is 98.9 Å². The predicted molar refractivity (Wildman–Crippen MR) is 72.4 cm³/mol. The predicted octanol–water partition coefficient (Wildman–Crippen LogP) is 4.52. The van der Waals surface area contributed by atoms with Crippen molar-refractivity contribution in [2.45, 2.75) is 6.42 Å². The monoisotopic (exact) mass is 225 g/mol. The number of fused-ring (bicyclic) bond motifs is 1. The first-order chi connectivity index (χ1) is 7.92. The van der Waals surface area contributed by atoms with Crippen molar-refractivity contribution in [1.82, 2.24) is 0 Å². The Kier molecular flexibility index (Phi) is 2.50. The van der Waals surface area contributed by atoms with Crippen molar-refractivity contribution < 1.29 is 0 Å². The van der Waals surface area contributed by atoms with Crippen LogP contribution in [0.25, 0.3) is 10.8 Å². The lowest BCUT2D eigenvalue weighted by atomic mass is 10.1. The summed E-state index contributed by atoms with van der Waals surface area (Å²) in [6, 6.07) is 14.7. The van der Waals surface area contributed by atoms with E-state index in [0.717, 1.165) is 12.1 Å². The highest BCUT2D eigenvalue weighted by Gasteiger charge is 2.02. The molecule has 0 unspecified atom stereocenters. The molecule has 1 aliphatic heterocycles. The minimum absolute atomic E-state index is 0.970. The van der Waals surface area contributed by atoms with Crippen molar-refractivity contribution in [2.75, 3.05) is 0 Å². The number of hydrogen-bond acceptors (Lipinski definition) is 2. The third-order valence-corrected chi connectivity index (χ3v) is 3.44. The van der Waals surface area contributed by atoms with E-state index < -0.39 is 0 Å². The van der Waals surface area contributed by atoms with Crippen LogP contribution in [0.5, 0.6) is 0 Å². The van der Waals surface area contributed by atoms with Crippen molar-refractivity contribution >= 4 is 33.3 Å². The fraction of sp³-hybridized carbons (Fsp3) is 0.0714. The van der Waals surface area contributed by atoms with Crippen LogP contribution in [0, 0.1) is 0 Å². The van der Waals surface area contributed by atoms with Crippen LogP contribution in [-0.2, 0) is 0 Å². The number of nitrogens with zero attached hydrogens (tertiary/aromatic N) is 1. The average Bonchev–Trinajstić information content (AvgIpc) is 2.82. The van der Waals surface area contributed by atoms with Gasteiger partial charge in [-0.1, -0.05) is 48.2 Å². The zero-order chi connectivity index (χ0) is 10.8. The Morgan fingerprint density at radius 2 is 1.88 bits per heavy atom. The number of aliphatic imine (C=N–C) groups is 1. The van der Waals surface area contributed by atoms with Gasteiger partial charge < -0.3 is 0 Å². The third kappa shape index (κ3) is 1.89. The van der Waals surface area contributed by atoms with Crippen molar-refractivity contribution in [3.8, 4) is 0 Å². The molecule has 2 heteroatoms. The lowest BCUT2D eigenvalue weighted by Gasteiger charge is -2.00. The van der Waals surface area contributed by atoms with E-state index in [-0.39, 0.29) is 0 Å². The van der Waals surface area contributed by atoms with E-state index in [4.69, 9.17) is 0 Å². The van der Waals surface area contributed by atoms with E-state index >= 15 is 0 Å². The van der Waals surface area contributed by atoms with Crippen LogP contribution in [0.2, 0.25) is 0 Å². The van der Waals surface area contributed by atoms with E-state index in [0.29, 0.717) is 0 Å². The topological polar surface area (TPSA) is 12.4 Å². The number of allylic oxidation sites excluding steroid dienone is 1. The van der Waals surface area contributed by atoms with Crippen LogP contribution in [0.1, 0.15) is 6.42 Å². The molecule has 0 fully saturated rings. The highest BCUT2D eigenvalue weighted by Crippen LogP contribution is 2.25. The van der Waals surface area contributed by atoms with Crippen LogP contribution < -0.4 is 0 Å². The molecule has 0 amide bonds. The summed E-state index contributed by atoms with van der Waals surface area (Å²) in [6.45, 7) is 0. The maximum atomic E-state index is 4.63. The largest absolute Gasteiger partial charge is 0.246 e. The molecule has 0 radical (unpaired) electrons. The quantitative estimate of drug-likeness (QED) is 0.695. The van der Waals surface area contributed by atoms with Crippen molar-refractivity contribution in [3.63, 3.8) is 0 Å². The SMILES string of the molecule is C1=CSC(=Nc2ccc3ccccc3c2)C1. The number of rotatable bonds is 1. The zero-order valence-corrected chi connectivity index (χ0v) is 9.58. The zero-order valence-electron chi connectivity index (χ0n) is 8.76. The standard InChI is InChI=1S/C14H11NS/c1-2-5-12-10-13(8-7-11(12)4-1)15-14-6-3-9-16-14/h1-5,7-10H,6H2. The van der Waals surface area contributed by atoms with Gasteiger partial charge in [-0.15, -0.1) is 0 Å². The molecule has 0 spiro atoms. The minimum atomic E-state index is 0.970. The second-order valence-electron chi connectivity index (χ2n) is 3.73. The molecule has 78 valence electrons. The molecule has 1 nitrogen and oxygen atoms in total. The van der Waals surface area contributed by atoms with Gasteiger partial charge >= 0.3 is 0 Å². The summed E-state index contributed by atoms with van der Waals surface area (Å²) in [7, 11) is 0. The Bertz CT molecular complexity index is 574. The van der Waals surface area contributed by atoms with Crippen LogP contribution in [0.15, 0.2) is 58.9 Å². The fourth-order valence-corrected chi connectivity index (χ4v) is 2.49. The summed E-state index contributed by atoms with van der Waals surface area (Å²) in [6.07, 6.45) is 3.11. The molecule has 0 aliphatic carbocycles. The van der Waals surface area contributed by atoms with Crippen molar-refractivity contribution in [2.24, 2.45) is 4.99 Å². The van der Waals surface area contributed by atoms with Gasteiger partial charge in [-0.2, -0.15) is 0 Å². The summed E-state index contributed by atoms with van der Waals surface area (Å²) in [5.74, 6) is 0. The summed E-state index contributed by atoms with van der Waals surface area (Å²) in [4.78, 5) is 4.63. The van der Waals surface area contributed by atoms with Gasteiger partial charge in [-0.25, -0.2) is 4.99 Å². The maximum Gasteiger partial charge on any atom is 0.0818 e. The molecule has 0 saturated carbocycles. The Morgan fingerprint density at radius 3 is 2.69 bits per heavy atom. The molecule has 3 rings (SSSR count). The first-order valence-electron chi connectivity index (χ1n) is 5.30. The first kappa shape index (κ1) is 9.67. The molecular weight excluding hydrogens is 214 g/mol. The molecule has 0 N–H and O–H groups in total. The lowest BCUT2D eigenvalue weighted by Crippen LogP contribution is -1.81. The molecule has 16 heavy (non-hydrogen) atoms. The summed E-state index contributed by atoms with van der Waals surface area (Å²) in [5, 5.41) is 5.79. The molecule has 0 aromatic heterocycles. The molecule has 1 heterocycles. The lowest BCUT2D eigenvalue weighted by molar-refractivity contribution is 1.47. The van der Waals surface area contributed by atoms with Crippen LogP contribution in [-0.4, -0.2) is 5.04 Å². The molecule has 0 saturated heterocycles. The fourth-order valence-electron chi connectivity index (χ4n) is 1.79. The normalized spacial score (nSPS) is 17.4. The summed E-state index contributed by atoms with van der Waals surface area (Å²) >= 11 is 1.71. The Morgan fingerprint density at radius 1 is 1.00 bits per heavy atom. The molecular formula is C14H11NS. The number of hydrogen-bond donors (Lipinski definition) is 0.